The number of nitrogens with zero attached hydrogens (tertiary/aromatic N) is 1. The second-order valence-electron chi connectivity index (χ2n) is 4.11. The normalized spacial score (nSPS) is 11.2. The molecular formula is C14H16F2N2O. The lowest BCUT2D eigenvalue weighted by Crippen LogP contribution is -2.13. The Labute approximate surface area is 110 Å². The molecular weight excluding hydrogens is 250 g/mol. The molecule has 0 spiro atoms. The van der Waals surface area contributed by atoms with Crippen LogP contribution < -0.4 is 10.1 Å². The quantitative estimate of drug-likeness (QED) is 0.872. The van der Waals surface area contributed by atoms with Gasteiger partial charge in [0.2, 0.25) is 0 Å². The lowest BCUT2D eigenvalue weighted by molar-refractivity contribution is 0.0826. The van der Waals surface area contributed by atoms with Crippen molar-refractivity contribution in [2.75, 3.05) is 13.2 Å². The number of halogens is 2. The third kappa shape index (κ3) is 3.61. The van der Waals surface area contributed by atoms with Crippen molar-refractivity contribution < 1.29 is 13.5 Å². The number of hydrogen-bond acceptors (Lipinski definition) is 3. The van der Waals surface area contributed by atoms with Crippen molar-refractivity contribution in [1.29, 1.82) is 0 Å². The molecule has 0 unspecified atom stereocenters. The lowest BCUT2D eigenvalue weighted by Gasteiger charge is -2.11. The molecule has 19 heavy (non-hydrogen) atoms. The molecule has 0 saturated carbocycles. The minimum atomic E-state index is -2.48. The topological polar surface area (TPSA) is 34.1 Å². The first kappa shape index (κ1) is 13.7. The second kappa shape index (κ2) is 6.43. The van der Waals surface area contributed by atoms with Gasteiger partial charge in [-0.2, -0.15) is 0 Å². The summed E-state index contributed by atoms with van der Waals surface area (Å²) in [5.74, 6) is 0.457. The van der Waals surface area contributed by atoms with E-state index in [1.54, 1.807) is 6.07 Å². The third-order valence-electron chi connectivity index (χ3n) is 2.65. The molecule has 0 aliphatic carbocycles. The lowest BCUT2D eigenvalue weighted by atomic mass is 10.2. The number of hydrogen-bond donors (Lipinski definition) is 1. The number of benzene rings is 1. The number of ether oxygens (including phenoxy) is 1. The Morgan fingerprint density at radius 1 is 1.32 bits per heavy atom. The van der Waals surface area contributed by atoms with E-state index in [0.29, 0.717) is 12.3 Å². The van der Waals surface area contributed by atoms with Gasteiger partial charge in [-0.05, 0) is 18.7 Å². The molecule has 3 nitrogen and oxygen atoms in total. The number of pyridine rings is 1. The van der Waals surface area contributed by atoms with Crippen molar-refractivity contribution >= 4 is 10.9 Å². The molecule has 102 valence electrons. The Balaban J connectivity index is 2.33. The van der Waals surface area contributed by atoms with E-state index in [2.05, 4.69) is 10.3 Å². The van der Waals surface area contributed by atoms with E-state index in [1.807, 2.05) is 31.2 Å². The zero-order valence-electron chi connectivity index (χ0n) is 10.7. The van der Waals surface area contributed by atoms with Gasteiger partial charge in [0.05, 0.1) is 11.2 Å². The predicted octanol–water partition coefficient (Wildman–Crippen LogP) is 2.99. The smallest absolute Gasteiger partial charge is 0.272 e. The van der Waals surface area contributed by atoms with Gasteiger partial charge in [-0.1, -0.05) is 19.1 Å². The number of aromatic nitrogens is 1. The Kier molecular flexibility index (Phi) is 4.63. The fraction of sp³-hybridized carbons (Fsp3) is 0.357. The number of nitrogens with one attached hydrogen (secondary N) is 1. The molecule has 0 fully saturated rings. The molecule has 0 saturated heterocycles. The van der Waals surface area contributed by atoms with Gasteiger partial charge in [-0.3, -0.25) is 4.98 Å². The highest BCUT2D eigenvalue weighted by Gasteiger charge is 2.09. The molecule has 0 bridgehead atoms. The Bertz CT molecular complexity index is 546. The summed E-state index contributed by atoms with van der Waals surface area (Å²) >= 11 is 0. The maximum absolute atomic E-state index is 12.3. The van der Waals surface area contributed by atoms with Gasteiger partial charge in [0.25, 0.3) is 6.43 Å². The largest absolute Gasteiger partial charge is 0.487 e. The van der Waals surface area contributed by atoms with Gasteiger partial charge in [0.15, 0.2) is 0 Å². The fourth-order valence-electron chi connectivity index (χ4n) is 1.81. The summed E-state index contributed by atoms with van der Waals surface area (Å²) in [4.78, 5) is 4.47. The summed E-state index contributed by atoms with van der Waals surface area (Å²) in [6, 6.07) is 9.08. The molecule has 0 atom stereocenters. The maximum Gasteiger partial charge on any atom is 0.272 e. The summed E-state index contributed by atoms with van der Waals surface area (Å²) in [5.41, 5.74) is 1.53. The van der Waals surface area contributed by atoms with Crippen LogP contribution in [-0.4, -0.2) is 24.6 Å². The van der Waals surface area contributed by atoms with Crippen LogP contribution in [0.4, 0.5) is 8.78 Å². The van der Waals surface area contributed by atoms with Crippen LogP contribution in [0.3, 0.4) is 0 Å². The van der Waals surface area contributed by atoms with Crippen LogP contribution in [0, 0.1) is 0 Å². The number of fused-ring (bicyclic) bond motifs is 1. The van der Waals surface area contributed by atoms with Crippen LogP contribution in [-0.2, 0) is 6.54 Å². The summed E-state index contributed by atoms with van der Waals surface area (Å²) in [7, 11) is 0. The van der Waals surface area contributed by atoms with Gasteiger partial charge in [-0.25, -0.2) is 8.78 Å². The summed E-state index contributed by atoms with van der Waals surface area (Å²) in [5, 5.41) is 3.91. The first-order chi connectivity index (χ1) is 9.20. The van der Waals surface area contributed by atoms with Crippen LogP contribution in [0.1, 0.15) is 12.6 Å². The first-order valence-corrected chi connectivity index (χ1v) is 6.21. The zero-order chi connectivity index (χ0) is 13.7. The molecule has 2 rings (SSSR count). The van der Waals surface area contributed by atoms with Crippen molar-refractivity contribution in [2.24, 2.45) is 0 Å². The van der Waals surface area contributed by atoms with E-state index in [9.17, 15) is 8.78 Å². The Morgan fingerprint density at radius 2 is 2.11 bits per heavy atom. The highest BCUT2D eigenvalue weighted by atomic mass is 19.3. The van der Waals surface area contributed by atoms with E-state index >= 15 is 0 Å². The SMILES string of the molecule is CCNCc1cc(OCC(F)F)c2ccccc2n1. The number of para-hydroxylation sites is 1. The summed E-state index contributed by atoms with van der Waals surface area (Å²) in [6.07, 6.45) is -2.48. The molecule has 1 aromatic heterocycles. The van der Waals surface area contributed by atoms with Crippen LogP contribution in [0.15, 0.2) is 30.3 Å². The van der Waals surface area contributed by atoms with Crippen molar-refractivity contribution in [3.8, 4) is 5.75 Å². The molecule has 0 aliphatic rings. The molecule has 0 radical (unpaired) electrons. The van der Waals surface area contributed by atoms with Gasteiger partial charge in [0, 0.05) is 18.0 Å². The average Bonchev–Trinajstić information content (AvgIpc) is 2.42. The van der Waals surface area contributed by atoms with E-state index in [1.165, 1.54) is 0 Å². The van der Waals surface area contributed by atoms with Gasteiger partial charge in [0.1, 0.15) is 12.4 Å². The van der Waals surface area contributed by atoms with Crippen molar-refractivity contribution in [1.82, 2.24) is 10.3 Å². The molecule has 1 N–H and O–H groups in total. The highest BCUT2D eigenvalue weighted by molar-refractivity contribution is 5.85. The van der Waals surface area contributed by atoms with E-state index in [0.717, 1.165) is 23.1 Å². The minimum Gasteiger partial charge on any atom is -0.487 e. The van der Waals surface area contributed by atoms with Crippen LogP contribution in [0.2, 0.25) is 0 Å². The molecule has 0 aliphatic heterocycles. The molecule has 1 heterocycles. The van der Waals surface area contributed by atoms with Gasteiger partial charge >= 0.3 is 0 Å². The fourth-order valence-corrected chi connectivity index (χ4v) is 1.81. The van der Waals surface area contributed by atoms with Gasteiger partial charge in [-0.15, -0.1) is 0 Å². The monoisotopic (exact) mass is 266 g/mol. The molecule has 1 aromatic carbocycles. The molecule has 2 aromatic rings. The van der Waals surface area contributed by atoms with Crippen molar-refractivity contribution in [3.05, 3.63) is 36.0 Å². The summed E-state index contributed by atoms with van der Waals surface area (Å²) < 4.78 is 29.7. The molecule has 0 amide bonds. The Hall–Kier alpha value is -1.75. The maximum atomic E-state index is 12.3. The first-order valence-electron chi connectivity index (χ1n) is 6.21. The van der Waals surface area contributed by atoms with Crippen LogP contribution in [0.25, 0.3) is 10.9 Å². The van der Waals surface area contributed by atoms with Crippen LogP contribution in [0.5, 0.6) is 5.75 Å². The Morgan fingerprint density at radius 3 is 2.84 bits per heavy atom. The number of alkyl halides is 2. The third-order valence-corrected chi connectivity index (χ3v) is 2.65. The van der Waals surface area contributed by atoms with E-state index < -0.39 is 13.0 Å². The van der Waals surface area contributed by atoms with E-state index in [4.69, 9.17) is 4.74 Å². The standard InChI is InChI=1S/C14H16F2N2O/c1-2-17-8-10-7-13(19-9-14(15)16)11-5-3-4-6-12(11)18-10/h3-7,14,17H,2,8-9H2,1H3. The van der Waals surface area contributed by atoms with Crippen molar-refractivity contribution in [3.63, 3.8) is 0 Å². The minimum absolute atomic E-state index is 0.457. The number of rotatable bonds is 6. The highest BCUT2D eigenvalue weighted by Crippen LogP contribution is 2.25. The average molecular weight is 266 g/mol. The van der Waals surface area contributed by atoms with Crippen molar-refractivity contribution in [2.45, 2.75) is 19.9 Å². The molecule has 5 heteroatoms. The second-order valence-corrected chi connectivity index (χ2v) is 4.11. The predicted molar refractivity (Wildman–Crippen MR) is 70.6 cm³/mol. The van der Waals surface area contributed by atoms with Crippen LogP contribution >= 0.6 is 0 Å². The zero-order valence-corrected chi connectivity index (χ0v) is 10.7. The van der Waals surface area contributed by atoms with E-state index in [-0.39, 0.29) is 0 Å². The summed E-state index contributed by atoms with van der Waals surface area (Å²) in [6.45, 7) is 2.80. The van der Waals surface area contributed by atoms with Gasteiger partial charge < -0.3 is 10.1 Å².